The van der Waals surface area contributed by atoms with E-state index in [4.69, 9.17) is 15.6 Å². The van der Waals surface area contributed by atoms with Gasteiger partial charge in [-0.3, -0.25) is 0 Å². The second-order valence-electron chi connectivity index (χ2n) is 3.11. The maximum absolute atomic E-state index is 10.9. The third-order valence-electron chi connectivity index (χ3n) is 1.93. The number of aromatic carboxylic acids is 1. The highest BCUT2D eigenvalue weighted by atomic mass is 32.2. The number of carboxylic acid groups (broad SMARTS) is 1. The first-order valence-corrected chi connectivity index (χ1v) is 6.14. The lowest BCUT2D eigenvalue weighted by atomic mass is 10.2. The highest BCUT2D eigenvalue weighted by Crippen LogP contribution is 2.22. The molecule has 0 atom stereocenters. The van der Waals surface area contributed by atoms with Crippen molar-refractivity contribution >= 4 is 23.4 Å². The molecule has 1 aromatic rings. The lowest BCUT2D eigenvalue weighted by Gasteiger charge is -2.09. The first-order chi connectivity index (χ1) is 7.65. The molecular weight excluding hydrogens is 226 g/mol. The van der Waals surface area contributed by atoms with E-state index in [1.165, 1.54) is 6.07 Å². The molecule has 5 heteroatoms. The minimum Gasteiger partial charge on any atom is -0.492 e. The fourth-order valence-corrected chi connectivity index (χ4v) is 1.68. The fourth-order valence-electron chi connectivity index (χ4n) is 1.19. The molecule has 0 aliphatic carbocycles. The van der Waals surface area contributed by atoms with E-state index in [1.54, 1.807) is 23.9 Å². The minimum absolute atomic E-state index is 0.149. The SMILES string of the molecule is CCSCCOc1cc(N)ccc1C(=O)O. The Hall–Kier alpha value is -1.36. The standard InChI is InChI=1S/C11H15NO3S/c1-2-16-6-5-15-10-7-8(12)3-4-9(10)11(13)14/h3-4,7H,2,5-6,12H2,1H3,(H,13,14). The molecule has 3 N–H and O–H groups in total. The molecule has 0 spiro atoms. The van der Waals surface area contributed by atoms with Crippen molar-refractivity contribution in [1.29, 1.82) is 0 Å². The number of nitrogens with two attached hydrogens (primary N) is 1. The number of anilines is 1. The van der Waals surface area contributed by atoms with Crippen LogP contribution in [0.2, 0.25) is 0 Å². The summed E-state index contributed by atoms with van der Waals surface area (Å²) < 4.78 is 5.40. The summed E-state index contributed by atoms with van der Waals surface area (Å²) >= 11 is 1.74. The van der Waals surface area contributed by atoms with E-state index in [9.17, 15) is 4.79 Å². The molecule has 0 aliphatic rings. The van der Waals surface area contributed by atoms with Gasteiger partial charge >= 0.3 is 5.97 Å². The van der Waals surface area contributed by atoms with Gasteiger partial charge < -0.3 is 15.6 Å². The number of ether oxygens (including phenoxy) is 1. The number of rotatable bonds is 6. The third-order valence-corrected chi connectivity index (χ3v) is 2.79. The van der Waals surface area contributed by atoms with Gasteiger partial charge in [0.1, 0.15) is 11.3 Å². The van der Waals surface area contributed by atoms with Crippen LogP contribution in [0.25, 0.3) is 0 Å². The van der Waals surface area contributed by atoms with Gasteiger partial charge in [0, 0.05) is 17.5 Å². The summed E-state index contributed by atoms with van der Waals surface area (Å²) in [6, 6.07) is 4.55. The van der Waals surface area contributed by atoms with Gasteiger partial charge in [-0.25, -0.2) is 4.79 Å². The lowest BCUT2D eigenvalue weighted by Crippen LogP contribution is -2.06. The van der Waals surface area contributed by atoms with Gasteiger partial charge in [0.2, 0.25) is 0 Å². The fraction of sp³-hybridized carbons (Fsp3) is 0.364. The number of benzene rings is 1. The van der Waals surface area contributed by atoms with Crippen molar-refractivity contribution in [3.8, 4) is 5.75 Å². The predicted molar refractivity (Wildman–Crippen MR) is 66.3 cm³/mol. The van der Waals surface area contributed by atoms with Gasteiger partial charge in [0.15, 0.2) is 0 Å². The summed E-state index contributed by atoms with van der Waals surface area (Å²) in [6.07, 6.45) is 0. The Labute approximate surface area is 98.8 Å². The van der Waals surface area contributed by atoms with Crippen LogP contribution in [-0.2, 0) is 0 Å². The quantitative estimate of drug-likeness (QED) is 0.589. The molecule has 0 saturated heterocycles. The molecule has 0 aromatic heterocycles. The molecule has 16 heavy (non-hydrogen) atoms. The second-order valence-corrected chi connectivity index (χ2v) is 4.50. The zero-order chi connectivity index (χ0) is 12.0. The highest BCUT2D eigenvalue weighted by Gasteiger charge is 2.11. The van der Waals surface area contributed by atoms with Crippen LogP contribution in [0.4, 0.5) is 5.69 Å². The van der Waals surface area contributed by atoms with E-state index < -0.39 is 5.97 Å². The Kier molecular flexibility index (Phi) is 4.98. The summed E-state index contributed by atoms with van der Waals surface area (Å²) in [5, 5.41) is 8.93. The zero-order valence-electron chi connectivity index (χ0n) is 9.10. The normalized spacial score (nSPS) is 10.1. The molecule has 88 valence electrons. The van der Waals surface area contributed by atoms with Crippen molar-refractivity contribution in [3.05, 3.63) is 23.8 Å². The average Bonchev–Trinajstić information content (AvgIpc) is 2.24. The lowest BCUT2D eigenvalue weighted by molar-refractivity contribution is 0.0692. The van der Waals surface area contributed by atoms with E-state index in [0.717, 1.165) is 11.5 Å². The van der Waals surface area contributed by atoms with E-state index >= 15 is 0 Å². The molecule has 1 aromatic carbocycles. The summed E-state index contributed by atoms with van der Waals surface area (Å²) in [4.78, 5) is 10.9. The number of thioether (sulfide) groups is 1. The molecular formula is C11H15NO3S. The van der Waals surface area contributed by atoms with Crippen molar-refractivity contribution in [2.75, 3.05) is 23.8 Å². The van der Waals surface area contributed by atoms with Crippen LogP contribution in [0, 0.1) is 0 Å². The zero-order valence-corrected chi connectivity index (χ0v) is 9.92. The minimum atomic E-state index is -1.00. The maximum Gasteiger partial charge on any atom is 0.339 e. The van der Waals surface area contributed by atoms with Crippen molar-refractivity contribution in [2.45, 2.75) is 6.92 Å². The Morgan fingerprint density at radius 3 is 2.94 bits per heavy atom. The predicted octanol–water partition coefficient (Wildman–Crippen LogP) is 2.10. The largest absolute Gasteiger partial charge is 0.492 e. The van der Waals surface area contributed by atoms with Crippen LogP contribution >= 0.6 is 11.8 Å². The van der Waals surface area contributed by atoms with Crippen LogP contribution in [0.15, 0.2) is 18.2 Å². The summed E-state index contributed by atoms with van der Waals surface area (Å²) in [7, 11) is 0. The molecule has 0 saturated carbocycles. The van der Waals surface area contributed by atoms with Gasteiger partial charge in [-0.2, -0.15) is 11.8 Å². The smallest absolute Gasteiger partial charge is 0.339 e. The molecule has 4 nitrogen and oxygen atoms in total. The van der Waals surface area contributed by atoms with Gasteiger partial charge in [-0.15, -0.1) is 0 Å². The second kappa shape index (κ2) is 6.27. The van der Waals surface area contributed by atoms with Crippen molar-refractivity contribution in [2.24, 2.45) is 0 Å². The summed E-state index contributed by atoms with van der Waals surface area (Å²) in [5.74, 6) is 1.19. The molecule has 0 aliphatic heterocycles. The Morgan fingerprint density at radius 2 is 2.31 bits per heavy atom. The van der Waals surface area contributed by atoms with Crippen LogP contribution in [0.5, 0.6) is 5.75 Å². The van der Waals surface area contributed by atoms with Crippen LogP contribution in [-0.4, -0.2) is 29.2 Å². The van der Waals surface area contributed by atoms with Crippen molar-refractivity contribution in [1.82, 2.24) is 0 Å². The van der Waals surface area contributed by atoms with Gasteiger partial charge in [-0.1, -0.05) is 6.92 Å². The molecule has 0 heterocycles. The Bertz CT molecular complexity index is 368. The Balaban J connectivity index is 2.68. The van der Waals surface area contributed by atoms with Crippen LogP contribution < -0.4 is 10.5 Å². The van der Waals surface area contributed by atoms with Crippen molar-refractivity contribution < 1.29 is 14.6 Å². The number of carboxylic acids is 1. The summed E-state index contributed by atoms with van der Waals surface area (Å²) in [6.45, 7) is 2.55. The van der Waals surface area contributed by atoms with E-state index in [-0.39, 0.29) is 5.56 Å². The number of nitrogen functional groups attached to an aromatic ring is 1. The molecule has 0 fully saturated rings. The molecule has 0 unspecified atom stereocenters. The van der Waals surface area contributed by atoms with Gasteiger partial charge in [0.05, 0.1) is 6.61 Å². The number of carbonyl (C=O) groups is 1. The first kappa shape index (κ1) is 12.7. The number of hydrogen-bond acceptors (Lipinski definition) is 4. The molecule has 0 radical (unpaired) electrons. The van der Waals surface area contributed by atoms with Crippen molar-refractivity contribution in [3.63, 3.8) is 0 Å². The van der Waals surface area contributed by atoms with Gasteiger partial charge in [-0.05, 0) is 17.9 Å². The monoisotopic (exact) mass is 241 g/mol. The van der Waals surface area contributed by atoms with Crippen LogP contribution in [0.3, 0.4) is 0 Å². The molecule has 0 bridgehead atoms. The molecule has 0 amide bonds. The number of hydrogen-bond donors (Lipinski definition) is 2. The van der Waals surface area contributed by atoms with Crippen LogP contribution in [0.1, 0.15) is 17.3 Å². The van der Waals surface area contributed by atoms with Gasteiger partial charge in [0.25, 0.3) is 0 Å². The first-order valence-electron chi connectivity index (χ1n) is 4.98. The topological polar surface area (TPSA) is 72.5 Å². The highest BCUT2D eigenvalue weighted by molar-refractivity contribution is 7.99. The molecule has 1 rings (SSSR count). The van der Waals surface area contributed by atoms with E-state index in [1.807, 2.05) is 0 Å². The summed E-state index contributed by atoms with van der Waals surface area (Å²) in [5.41, 5.74) is 6.23. The Morgan fingerprint density at radius 1 is 1.56 bits per heavy atom. The van der Waals surface area contributed by atoms with E-state index in [0.29, 0.717) is 18.0 Å². The third kappa shape index (κ3) is 3.66. The van der Waals surface area contributed by atoms with E-state index in [2.05, 4.69) is 6.92 Å². The average molecular weight is 241 g/mol. The maximum atomic E-state index is 10.9.